The normalized spacial score (nSPS) is 38.3. The lowest BCUT2D eigenvalue weighted by molar-refractivity contribution is 0.0197. The van der Waals surface area contributed by atoms with E-state index in [4.69, 9.17) is 0 Å². The molecule has 1 saturated heterocycles. The summed E-state index contributed by atoms with van der Waals surface area (Å²) in [7, 11) is 4.15. The van der Waals surface area contributed by atoms with Gasteiger partial charge >= 0.3 is 0 Å². The summed E-state index contributed by atoms with van der Waals surface area (Å²) in [5.74, 6) is 23.4. The van der Waals surface area contributed by atoms with Crippen molar-refractivity contribution in [1.29, 1.82) is 0 Å². The van der Waals surface area contributed by atoms with Gasteiger partial charge in [-0.25, -0.2) is 4.98 Å². The molecule has 22 saturated carbocycles. The molecule has 96 heavy (non-hydrogen) atoms. The predicted octanol–water partition coefficient (Wildman–Crippen LogP) is 29.9. The van der Waals surface area contributed by atoms with Crippen LogP contribution in [-0.4, -0.2) is 34.6 Å². The van der Waals surface area contributed by atoms with Gasteiger partial charge in [-0.05, 0) is 337 Å². The number of rotatable bonds is 0. The Bertz CT molecular complexity index is 1640. The summed E-state index contributed by atoms with van der Waals surface area (Å²) in [4.78, 5) is 6.21. The lowest BCUT2D eigenvalue weighted by atomic mass is 9.56. The number of nitrogens with zero attached hydrogens (tertiary/aromatic N) is 3. The number of fused-ring (bicyclic) bond motifs is 6. The standard InChI is InChI=1S/2C11H18.2C10H16.C10H18.C9H16.C7H15N.C7H12.C4H6N2.7C2H6/c2*1-2-9-5-10-3-8(1)4-11(6-9)7-10;2*1-7-2-9-4-8(1)5-10(3-7)6-9;1-2-6-10(7-3-1)8-4-5-9-10;1-3-8-5-2-6-9(4-1)7-8;1-8-6-4-2-3-5-7-8;1-2-7-4-3-6(1)5-7;1-6-3-2-5-4-6;7*1-2/h2*8-11H,1-7H2;2*7-10H,1-6H2;1-9H2;8-9H,1-7H2;2-7H2,1H3;6-7H,1-5H2;2-4H,1H3;7*1-2H3. The second-order valence-corrected chi connectivity index (χ2v) is 35.4. The number of likely N-dealkylation sites (tertiary alicyclic amines) is 1. The molecule has 0 atom stereocenters. The molecule has 1 aromatic rings. The first-order valence-corrected chi connectivity index (χ1v) is 45.8. The first-order valence-electron chi connectivity index (χ1n) is 45.8. The van der Waals surface area contributed by atoms with Crippen LogP contribution in [0.25, 0.3) is 0 Å². The van der Waals surface area contributed by atoms with E-state index in [0.717, 1.165) is 40.9 Å². The smallest absolute Gasteiger partial charge is 0.0943 e. The van der Waals surface area contributed by atoms with Crippen LogP contribution < -0.4 is 0 Å². The summed E-state index contributed by atoms with van der Waals surface area (Å²) in [6.45, 7) is 30.6. The van der Waals surface area contributed by atoms with E-state index in [-0.39, 0.29) is 0 Å². The van der Waals surface area contributed by atoms with Crippen LogP contribution in [0.2, 0.25) is 0 Å². The summed E-state index contributed by atoms with van der Waals surface area (Å²) in [5.41, 5.74) is 0.873. The van der Waals surface area contributed by atoms with Crippen molar-refractivity contribution in [2.24, 2.45) is 131 Å². The van der Waals surface area contributed by atoms with Gasteiger partial charge in [0.1, 0.15) is 0 Å². The zero-order chi connectivity index (χ0) is 69.5. The number of aromatic nitrogens is 2. The van der Waals surface area contributed by atoms with Gasteiger partial charge in [0, 0.05) is 19.4 Å². The monoisotopic (exact) mass is 1340 g/mol. The lowest BCUT2D eigenvalue weighted by Gasteiger charge is -2.49. The Morgan fingerprint density at radius 2 is 0.427 bits per heavy atom. The fourth-order valence-corrected chi connectivity index (χ4v) is 25.4. The van der Waals surface area contributed by atoms with Crippen molar-refractivity contribution in [3.8, 4) is 0 Å². The zero-order valence-electron chi connectivity index (χ0n) is 68.6. The molecular weight excluding hydrogens is 1160 g/mol. The molecule has 564 valence electrons. The summed E-state index contributed by atoms with van der Waals surface area (Å²) in [6, 6.07) is 0. The minimum atomic E-state index is 0.873. The van der Waals surface area contributed by atoms with Crippen molar-refractivity contribution in [1.82, 2.24) is 14.5 Å². The van der Waals surface area contributed by atoms with Crippen LogP contribution in [0, 0.1) is 124 Å². The number of aryl methyl sites for hydroxylation is 1. The minimum absolute atomic E-state index is 0.873. The van der Waals surface area contributed by atoms with Crippen LogP contribution in [0.3, 0.4) is 0 Å². The molecule has 0 N–H and O–H groups in total. The van der Waals surface area contributed by atoms with E-state index in [2.05, 4.69) is 16.9 Å². The third-order valence-electron chi connectivity index (χ3n) is 28.4. The van der Waals surface area contributed by atoms with Crippen molar-refractivity contribution in [3.05, 3.63) is 18.7 Å². The van der Waals surface area contributed by atoms with Gasteiger partial charge in [-0.2, -0.15) is 0 Å². The molecule has 23 aliphatic rings. The average Bonchev–Trinajstić information content (AvgIpc) is 1.31. The summed E-state index contributed by atoms with van der Waals surface area (Å²) in [6.07, 6.45) is 85.3. The third kappa shape index (κ3) is 30.1. The Hall–Kier alpha value is -0.830. The highest BCUT2D eigenvalue weighted by atomic mass is 15.1. The van der Waals surface area contributed by atoms with Crippen LogP contribution in [0.1, 0.15) is 424 Å². The summed E-state index contributed by atoms with van der Waals surface area (Å²) >= 11 is 0. The second-order valence-electron chi connectivity index (χ2n) is 35.4. The zero-order valence-corrected chi connectivity index (χ0v) is 68.6. The minimum Gasteiger partial charge on any atom is -0.341 e. The van der Waals surface area contributed by atoms with E-state index < -0.39 is 0 Å². The summed E-state index contributed by atoms with van der Waals surface area (Å²) < 4.78 is 1.89. The van der Waals surface area contributed by atoms with Gasteiger partial charge in [0.15, 0.2) is 0 Å². The second kappa shape index (κ2) is 49.8. The van der Waals surface area contributed by atoms with Crippen molar-refractivity contribution in [2.45, 2.75) is 424 Å². The molecule has 0 radical (unpaired) electrons. The van der Waals surface area contributed by atoms with Crippen molar-refractivity contribution >= 4 is 0 Å². The largest absolute Gasteiger partial charge is 0.341 e. The molecule has 24 rings (SSSR count). The molecule has 0 amide bonds. The van der Waals surface area contributed by atoms with Gasteiger partial charge in [-0.1, -0.05) is 232 Å². The van der Waals surface area contributed by atoms with Gasteiger partial charge in [0.2, 0.25) is 0 Å². The Labute approximate surface area is 605 Å². The maximum absolute atomic E-state index is 3.78. The molecule has 23 fully saturated rings. The third-order valence-corrected chi connectivity index (χ3v) is 28.4. The Kier molecular flexibility index (Phi) is 44.5. The highest BCUT2D eigenvalue weighted by Gasteiger charge is 2.44. The van der Waals surface area contributed by atoms with Crippen molar-refractivity contribution in [3.63, 3.8) is 0 Å². The SMILES string of the molecule is C1C2CC3CC1CC(C2)C3.C1C2CC3CC1CC(C2)C3.C1CC2CC3CC1CC(C2)C3.C1CC2CC3CC1CC(C2)C3.C1CC2CCC1C2.C1CC2CCCC(C1)C2.C1CCC2(CC1)CCCC2.CC.CC.CC.CC.CC.CC.CC.CN1CCCCCC1.Cn1ccnc1. The van der Waals surface area contributed by atoms with Gasteiger partial charge < -0.3 is 9.47 Å². The van der Waals surface area contributed by atoms with Crippen LogP contribution in [0.4, 0.5) is 0 Å². The molecule has 3 heteroatoms. The maximum Gasteiger partial charge on any atom is 0.0943 e. The molecule has 2 heterocycles. The predicted molar refractivity (Wildman–Crippen MR) is 428 cm³/mol. The fourth-order valence-electron chi connectivity index (χ4n) is 25.4. The van der Waals surface area contributed by atoms with Crippen molar-refractivity contribution < 1.29 is 0 Å². The fraction of sp³-hybridized carbons (Fsp3) is 0.968. The Morgan fingerprint density at radius 1 is 0.229 bits per heavy atom. The number of hydrogen-bond donors (Lipinski definition) is 0. The molecule has 3 nitrogen and oxygen atoms in total. The molecule has 0 unspecified atom stereocenters. The first kappa shape index (κ1) is 85.8. The van der Waals surface area contributed by atoms with Crippen LogP contribution in [0.5, 0.6) is 0 Å². The van der Waals surface area contributed by atoms with Gasteiger partial charge in [-0.3, -0.25) is 0 Å². The van der Waals surface area contributed by atoms with E-state index in [1.807, 2.05) is 115 Å². The Balaban J connectivity index is 0.000000192. The topological polar surface area (TPSA) is 21.1 Å². The maximum atomic E-state index is 3.78. The first-order chi connectivity index (χ1) is 47.2. The van der Waals surface area contributed by atoms with E-state index >= 15 is 0 Å². The molecule has 22 aliphatic carbocycles. The lowest BCUT2D eigenvalue weighted by Crippen LogP contribution is -2.38. The molecule has 0 aromatic carbocycles. The molecule has 1 aliphatic heterocycles. The molecular formula is C93H177N3. The highest BCUT2D eigenvalue weighted by molar-refractivity contribution is 4.96. The van der Waals surface area contributed by atoms with Crippen LogP contribution >= 0.6 is 0 Å². The van der Waals surface area contributed by atoms with E-state index in [1.165, 1.54) is 167 Å². The number of hydrogen-bond acceptors (Lipinski definition) is 2. The van der Waals surface area contributed by atoms with E-state index in [9.17, 15) is 0 Å². The molecule has 1 spiro atoms. The van der Waals surface area contributed by atoms with Crippen molar-refractivity contribution in [2.75, 3.05) is 20.1 Å². The quantitative estimate of drug-likeness (QED) is 0.258. The van der Waals surface area contributed by atoms with Gasteiger partial charge in [-0.15, -0.1) is 0 Å². The van der Waals surface area contributed by atoms with Crippen LogP contribution in [-0.2, 0) is 7.05 Å². The Morgan fingerprint density at radius 3 is 0.625 bits per heavy atom. The summed E-state index contributed by atoms with van der Waals surface area (Å²) in [5, 5.41) is 0. The van der Waals surface area contributed by atoms with E-state index in [1.54, 1.807) is 269 Å². The molecule has 20 bridgehead atoms. The number of imidazole rings is 1. The highest BCUT2D eigenvalue weighted by Crippen LogP contribution is 2.56. The van der Waals surface area contributed by atoms with Crippen LogP contribution in [0.15, 0.2) is 18.7 Å². The average molecular weight is 1340 g/mol. The van der Waals surface area contributed by atoms with E-state index in [0.29, 0.717) is 0 Å². The van der Waals surface area contributed by atoms with Gasteiger partial charge in [0.25, 0.3) is 0 Å². The van der Waals surface area contributed by atoms with Gasteiger partial charge in [0.05, 0.1) is 6.33 Å². The molecule has 1 aromatic heterocycles.